The van der Waals surface area contributed by atoms with Crippen LogP contribution in [-0.4, -0.2) is 55.3 Å². The van der Waals surface area contributed by atoms with E-state index in [9.17, 15) is 37.5 Å². The highest BCUT2D eigenvalue weighted by atomic mass is 35.5. The molecular formula is C24H23ClF3N5O6. The Labute approximate surface area is 223 Å². The van der Waals surface area contributed by atoms with Gasteiger partial charge in [-0.2, -0.15) is 13.2 Å². The Morgan fingerprint density at radius 3 is 2.62 bits per heavy atom. The number of hydrogen-bond acceptors (Lipinski definition) is 7. The van der Waals surface area contributed by atoms with Crippen molar-refractivity contribution in [1.82, 2.24) is 19.4 Å². The molecule has 39 heavy (non-hydrogen) atoms. The number of nitrogens with zero attached hydrogens (tertiary/aromatic N) is 3. The molecule has 1 aliphatic rings. The van der Waals surface area contributed by atoms with E-state index in [1.165, 1.54) is 40.8 Å². The number of carbonyl (C=O) groups is 3. The number of rotatable bonds is 6. The molecule has 2 heterocycles. The van der Waals surface area contributed by atoms with Gasteiger partial charge in [0.15, 0.2) is 0 Å². The molecule has 1 aliphatic carbocycles. The first-order chi connectivity index (χ1) is 18.3. The Morgan fingerprint density at radius 1 is 1.26 bits per heavy atom. The third kappa shape index (κ3) is 5.70. The van der Waals surface area contributed by atoms with Crippen molar-refractivity contribution in [2.45, 2.75) is 50.6 Å². The smallest absolute Gasteiger partial charge is 0.490 e. The zero-order valence-corrected chi connectivity index (χ0v) is 21.2. The number of benzene rings is 1. The van der Waals surface area contributed by atoms with Crippen LogP contribution in [0.25, 0.3) is 22.2 Å². The van der Waals surface area contributed by atoms with E-state index in [1.807, 2.05) is 0 Å². The molecular weight excluding hydrogens is 547 g/mol. The molecule has 2 aromatic heterocycles. The first kappa shape index (κ1) is 28.0. The molecule has 0 unspecified atom stereocenters. The van der Waals surface area contributed by atoms with Crippen molar-refractivity contribution in [2.24, 2.45) is 12.8 Å². The maximum Gasteiger partial charge on any atom is 0.490 e. The normalized spacial score (nSPS) is 17.7. The van der Waals surface area contributed by atoms with Crippen molar-refractivity contribution in [2.75, 3.05) is 0 Å². The monoisotopic (exact) mass is 569 g/mol. The van der Waals surface area contributed by atoms with Gasteiger partial charge < -0.3 is 30.0 Å². The number of ether oxygens (including phenoxy) is 1. The molecule has 0 spiro atoms. The van der Waals surface area contributed by atoms with Gasteiger partial charge in [0.2, 0.25) is 5.91 Å². The van der Waals surface area contributed by atoms with Gasteiger partial charge >= 0.3 is 12.1 Å². The van der Waals surface area contributed by atoms with Gasteiger partial charge in [0.1, 0.15) is 24.0 Å². The topological polar surface area (TPSA) is 159 Å². The summed E-state index contributed by atoms with van der Waals surface area (Å²) in [6, 6.07) is 1.72. The van der Waals surface area contributed by atoms with Crippen LogP contribution in [0, 0.1) is 0 Å². The highest BCUT2D eigenvalue weighted by Crippen LogP contribution is 2.36. The Balaban J connectivity index is 1.67. The zero-order chi connectivity index (χ0) is 28.6. The fourth-order valence-electron chi connectivity index (χ4n) is 4.56. The Hall–Kier alpha value is -4.07. The molecule has 4 N–H and O–H groups in total. The number of esters is 1. The quantitative estimate of drug-likeness (QED) is 0.384. The first-order valence-electron chi connectivity index (χ1n) is 11.7. The summed E-state index contributed by atoms with van der Waals surface area (Å²) in [6.45, 7) is -0.387. The van der Waals surface area contributed by atoms with Crippen LogP contribution in [0.4, 0.5) is 13.2 Å². The predicted octanol–water partition coefficient (Wildman–Crippen LogP) is 2.39. The van der Waals surface area contributed by atoms with Crippen LogP contribution in [0.15, 0.2) is 29.5 Å². The molecule has 4 rings (SSSR count). The molecule has 208 valence electrons. The molecule has 0 aliphatic heterocycles. The first-order valence-corrected chi connectivity index (χ1v) is 12.1. The van der Waals surface area contributed by atoms with Gasteiger partial charge in [-0.15, -0.1) is 0 Å². The molecule has 11 nitrogen and oxygen atoms in total. The standard InChI is InChI=1S/C24H23ClF3N5O6/c1-32-10-30-21-18(22(32)37)13(11-6-12(20(29)36)19(35)14(25)7-11)8-33(21)9-17(34)31-15-4-2-3-5-16(15)39-23(38)24(26,27)28/h6-8,10,15-16,35H,2-5,9H2,1H3,(H2,29,36)(H,31,34)/t15-,16-/m1/s1. The van der Waals surface area contributed by atoms with Crippen LogP contribution >= 0.6 is 11.6 Å². The zero-order valence-electron chi connectivity index (χ0n) is 20.4. The Morgan fingerprint density at radius 2 is 1.95 bits per heavy atom. The van der Waals surface area contributed by atoms with Crippen molar-refractivity contribution >= 4 is 40.4 Å². The van der Waals surface area contributed by atoms with Crippen LogP contribution < -0.4 is 16.6 Å². The number of fused-ring (bicyclic) bond motifs is 1. The van der Waals surface area contributed by atoms with Crippen LogP contribution in [0.5, 0.6) is 5.75 Å². The largest absolute Gasteiger partial charge is 0.506 e. The highest BCUT2D eigenvalue weighted by Gasteiger charge is 2.44. The number of carbonyl (C=O) groups excluding carboxylic acids is 3. The average Bonchev–Trinajstić information content (AvgIpc) is 3.22. The summed E-state index contributed by atoms with van der Waals surface area (Å²) in [5.74, 6) is -4.44. The lowest BCUT2D eigenvalue weighted by Crippen LogP contribution is -2.49. The fourth-order valence-corrected chi connectivity index (χ4v) is 4.78. The lowest BCUT2D eigenvalue weighted by molar-refractivity contribution is -0.207. The fraction of sp³-hybridized carbons (Fsp3) is 0.375. The number of hydrogen-bond donors (Lipinski definition) is 3. The van der Waals surface area contributed by atoms with Crippen LogP contribution in [0.2, 0.25) is 5.02 Å². The average molecular weight is 570 g/mol. The molecule has 15 heteroatoms. The van der Waals surface area contributed by atoms with Crippen molar-refractivity contribution in [3.63, 3.8) is 0 Å². The minimum atomic E-state index is -5.16. The van der Waals surface area contributed by atoms with Gasteiger partial charge in [-0.3, -0.25) is 14.4 Å². The number of nitrogens with one attached hydrogen (secondary N) is 1. The molecule has 2 atom stereocenters. The molecule has 0 saturated heterocycles. The second-order valence-corrected chi connectivity index (χ2v) is 9.56. The Bertz CT molecular complexity index is 1530. The number of primary amides is 1. The summed E-state index contributed by atoms with van der Waals surface area (Å²) in [7, 11) is 1.46. The van der Waals surface area contributed by atoms with Crippen molar-refractivity contribution in [1.29, 1.82) is 0 Å². The number of aryl methyl sites for hydroxylation is 1. The molecule has 1 aromatic carbocycles. The van der Waals surface area contributed by atoms with E-state index in [1.54, 1.807) is 0 Å². The van der Waals surface area contributed by atoms with Gasteiger partial charge in [0.05, 0.1) is 28.3 Å². The maximum atomic E-state index is 13.0. The molecule has 1 fully saturated rings. The Kier molecular flexibility index (Phi) is 7.59. The van der Waals surface area contributed by atoms with E-state index in [-0.39, 0.29) is 45.7 Å². The van der Waals surface area contributed by atoms with Gasteiger partial charge in [-0.25, -0.2) is 9.78 Å². The van der Waals surface area contributed by atoms with E-state index < -0.39 is 47.4 Å². The predicted molar refractivity (Wildman–Crippen MR) is 132 cm³/mol. The van der Waals surface area contributed by atoms with E-state index in [0.717, 1.165) is 0 Å². The molecule has 0 radical (unpaired) electrons. The third-order valence-corrected chi connectivity index (χ3v) is 6.72. The van der Waals surface area contributed by atoms with Crippen LogP contribution in [0.1, 0.15) is 36.0 Å². The summed E-state index contributed by atoms with van der Waals surface area (Å²) in [4.78, 5) is 53.4. The van der Waals surface area contributed by atoms with Crippen molar-refractivity contribution < 1.29 is 37.4 Å². The number of nitrogens with two attached hydrogens (primary N) is 1. The number of halogens is 4. The third-order valence-electron chi connectivity index (χ3n) is 6.43. The molecule has 3 aromatic rings. The minimum Gasteiger partial charge on any atom is -0.506 e. The van der Waals surface area contributed by atoms with E-state index in [0.29, 0.717) is 19.3 Å². The van der Waals surface area contributed by atoms with Crippen molar-refractivity contribution in [3.8, 4) is 16.9 Å². The second kappa shape index (κ2) is 10.6. The summed E-state index contributed by atoms with van der Waals surface area (Å²) in [5.41, 5.74) is 5.16. The van der Waals surface area contributed by atoms with Gasteiger partial charge in [-0.05, 0) is 37.0 Å². The number of aromatic nitrogens is 3. The van der Waals surface area contributed by atoms with E-state index in [4.69, 9.17) is 17.3 Å². The van der Waals surface area contributed by atoms with Gasteiger partial charge in [-0.1, -0.05) is 18.0 Å². The molecule has 2 amide bonds. The number of aromatic hydroxyl groups is 1. The maximum absolute atomic E-state index is 13.0. The lowest BCUT2D eigenvalue weighted by Gasteiger charge is -2.31. The summed E-state index contributed by atoms with van der Waals surface area (Å²) in [5, 5.41) is 12.6. The van der Waals surface area contributed by atoms with Crippen molar-refractivity contribution in [3.05, 3.63) is 45.6 Å². The summed E-state index contributed by atoms with van der Waals surface area (Å²) >= 11 is 6.08. The number of phenols is 1. The number of amides is 2. The lowest BCUT2D eigenvalue weighted by atomic mass is 9.92. The van der Waals surface area contributed by atoms with Crippen LogP contribution in [-0.2, 0) is 27.9 Å². The highest BCUT2D eigenvalue weighted by molar-refractivity contribution is 6.33. The van der Waals surface area contributed by atoms with Crippen LogP contribution in [0.3, 0.4) is 0 Å². The van der Waals surface area contributed by atoms with Gasteiger partial charge in [0, 0.05) is 18.8 Å². The van der Waals surface area contributed by atoms with E-state index in [2.05, 4.69) is 15.0 Å². The summed E-state index contributed by atoms with van der Waals surface area (Å²) in [6.07, 6.45) is -2.03. The van der Waals surface area contributed by atoms with Gasteiger partial charge in [0.25, 0.3) is 11.5 Å². The number of alkyl halides is 3. The second-order valence-electron chi connectivity index (χ2n) is 9.15. The summed E-state index contributed by atoms with van der Waals surface area (Å²) < 4.78 is 45.3. The molecule has 1 saturated carbocycles. The minimum absolute atomic E-state index is 0.0830. The van der Waals surface area contributed by atoms with E-state index >= 15 is 0 Å². The molecule has 0 bridgehead atoms. The SMILES string of the molecule is Cn1cnc2c(c(-c3cc(Cl)c(O)c(C(N)=O)c3)cn2CC(=O)N[C@@H]2CCCC[C@H]2OC(=O)C(F)(F)F)c1=O.